The second-order valence-corrected chi connectivity index (χ2v) is 3.62. The minimum atomic E-state index is 0.851. The molecule has 0 saturated heterocycles. The molecule has 2 nitrogen and oxygen atoms in total. The van der Waals surface area contributed by atoms with Gasteiger partial charge in [-0.05, 0) is 0 Å². The number of hydrogen-bond acceptors (Lipinski definition) is 2. The number of benzene rings is 1. The fourth-order valence-electron chi connectivity index (χ4n) is 1.95. The van der Waals surface area contributed by atoms with Crippen LogP contribution in [0.5, 0.6) is 0 Å². The van der Waals surface area contributed by atoms with E-state index in [0.29, 0.717) is 0 Å². The molecule has 15 heavy (non-hydrogen) atoms. The first-order valence-corrected chi connectivity index (χ1v) is 5.11. The zero-order valence-electron chi connectivity index (χ0n) is 8.35. The molecule has 0 bridgehead atoms. The van der Waals surface area contributed by atoms with Gasteiger partial charge in [-0.15, -0.1) is 0 Å². The summed E-state index contributed by atoms with van der Waals surface area (Å²) >= 11 is 0. The predicted octanol–water partition coefficient (Wildman–Crippen LogP) is 1.88. The third-order valence-electron chi connectivity index (χ3n) is 2.69. The quantitative estimate of drug-likeness (QED) is 0.741. The Hall–Kier alpha value is -1.57. The van der Waals surface area contributed by atoms with Crippen molar-refractivity contribution in [2.75, 3.05) is 16.9 Å². The Morgan fingerprint density at radius 1 is 1.07 bits per heavy atom. The first-order valence-electron chi connectivity index (χ1n) is 5.11. The number of hydrogen-bond donors (Lipinski definition) is 1. The van der Waals surface area contributed by atoms with E-state index in [-0.39, 0.29) is 0 Å². The van der Waals surface area contributed by atoms with Gasteiger partial charge in [-0.3, -0.25) is 0 Å². The SMILES string of the molecule is b1ccbc2c1NCN2c1ccccc1. The van der Waals surface area contributed by atoms with Crippen LogP contribution in [0.4, 0.5) is 16.9 Å². The molecule has 0 amide bonds. The molecule has 0 saturated carbocycles. The summed E-state index contributed by atoms with van der Waals surface area (Å²) < 4.78 is 0. The molecule has 0 aliphatic carbocycles. The van der Waals surface area contributed by atoms with Gasteiger partial charge in [-0.2, -0.15) is 0 Å². The van der Waals surface area contributed by atoms with Crippen LogP contribution in [0.1, 0.15) is 0 Å². The van der Waals surface area contributed by atoms with Crippen LogP contribution in [0.15, 0.2) is 42.3 Å². The molecule has 0 atom stereocenters. The molecule has 1 aliphatic rings. The first-order chi connectivity index (χ1) is 7.45. The van der Waals surface area contributed by atoms with Gasteiger partial charge >= 0.3 is 89.8 Å². The molecule has 3 rings (SSSR count). The topological polar surface area (TPSA) is 15.3 Å². The van der Waals surface area contributed by atoms with Gasteiger partial charge in [0.2, 0.25) is 0 Å². The summed E-state index contributed by atoms with van der Waals surface area (Å²) in [5.74, 6) is 4.13. The Kier molecular flexibility index (Phi) is 2.05. The number of rotatable bonds is 1. The fraction of sp³-hybridized carbons (Fsp3) is 0.0909. The maximum atomic E-state index is 3.37. The van der Waals surface area contributed by atoms with Crippen molar-refractivity contribution in [2.24, 2.45) is 0 Å². The van der Waals surface area contributed by atoms with Crippen LogP contribution in [0, 0.1) is 0 Å². The van der Waals surface area contributed by atoms with Crippen LogP contribution >= 0.6 is 0 Å². The number of fused-ring (bicyclic) bond motifs is 1. The Bertz CT molecular complexity index is 473. The van der Waals surface area contributed by atoms with Crippen LogP contribution in [0.3, 0.4) is 0 Å². The number of nitrogens with one attached hydrogen (secondary N) is 1. The summed E-state index contributed by atoms with van der Waals surface area (Å²) in [6.07, 6.45) is 0. The zero-order chi connectivity index (χ0) is 10.1. The number of para-hydroxylation sites is 1. The van der Waals surface area contributed by atoms with E-state index in [0.717, 1.165) is 6.67 Å². The molecule has 0 radical (unpaired) electrons. The second-order valence-electron chi connectivity index (χ2n) is 3.62. The molecule has 0 fully saturated rings. The maximum absolute atomic E-state index is 3.37. The monoisotopic (exact) mass is 192 g/mol. The van der Waals surface area contributed by atoms with Gasteiger partial charge < -0.3 is 0 Å². The van der Waals surface area contributed by atoms with E-state index in [4.69, 9.17) is 0 Å². The molecular weight excluding hydrogens is 182 g/mol. The summed E-state index contributed by atoms with van der Waals surface area (Å²) in [6.45, 7) is 5.10. The zero-order valence-corrected chi connectivity index (χ0v) is 8.35. The van der Waals surface area contributed by atoms with Crippen molar-refractivity contribution in [3.63, 3.8) is 0 Å². The fourth-order valence-corrected chi connectivity index (χ4v) is 1.95. The summed E-state index contributed by atoms with van der Waals surface area (Å²) in [6, 6.07) is 10.4. The number of nitrogens with zero attached hydrogens (tertiary/aromatic N) is 1. The molecule has 1 aliphatic heterocycles. The molecule has 1 aromatic carbocycles. The van der Waals surface area contributed by atoms with Crippen molar-refractivity contribution in [3.8, 4) is 0 Å². The first kappa shape index (κ1) is 8.72. The third-order valence-corrected chi connectivity index (χ3v) is 2.69. The van der Waals surface area contributed by atoms with E-state index in [2.05, 4.69) is 60.2 Å². The van der Waals surface area contributed by atoms with Crippen molar-refractivity contribution >= 4 is 30.7 Å². The van der Waals surface area contributed by atoms with Gasteiger partial charge in [0.15, 0.2) is 0 Å². The summed E-state index contributed by atoms with van der Waals surface area (Å²) in [5.41, 5.74) is 3.69. The van der Waals surface area contributed by atoms with Crippen LogP contribution in [-0.2, 0) is 0 Å². The molecule has 2 heterocycles. The molecule has 0 unspecified atom stereocenters. The molecule has 0 spiro atoms. The van der Waals surface area contributed by atoms with Gasteiger partial charge in [0.1, 0.15) is 0 Å². The Morgan fingerprint density at radius 2 is 1.87 bits per heavy atom. The van der Waals surface area contributed by atoms with E-state index >= 15 is 0 Å². The van der Waals surface area contributed by atoms with Crippen LogP contribution < -0.4 is 10.2 Å². The average Bonchev–Trinajstić information content (AvgIpc) is 2.74. The Labute approximate surface area is 90.4 Å². The van der Waals surface area contributed by atoms with E-state index in [1.165, 1.54) is 16.9 Å². The predicted molar refractivity (Wildman–Crippen MR) is 66.2 cm³/mol. The summed E-state index contributed by atoms with van der Waals surface area (Å²) in [4.78, 5) is 2.27. The van der Waals surface area contributed by atoms with Crippen LogP contribution in [-0.4, -0.2) is 20.5 Å². The second kappa shape index (κ2) is 3.54. The van der Waals surface area contributed by atoms with Gasteiger partial charge in [0.25, 0.3) is 0 Å². The van der Waals surface area contributed by atoms with Crippen molar-refractivity contribution in [2.45, 2.75) is 0 Å². The molecule has 2 aromatic rings. The van der Waals surface area contributed by atoms with Crippen LogP contribution in [0.25, 0.3) is 0 Å². The molecule has 1 N–H and O–H groups in total. The Balaban J connectivity index is 2.05. The van der Waals surface area contributed by atoms with Gasteiger partial charge in [0.05, 0.1) is 0 Å². The summed E-state index contributed by atoms with van der Waals surface area (Å²) in [5, 5.41) is 3.37. The van der Waals surface area contributed by atoms with Crippen molar-refractivity contribution in [3.05, 3.63) is 42.3 Å². The van der Waals surface area contributed by atoms with Gasteiger partial charge in [-0.1, -0.05) is 0 Å². The average molecular weight is 192 g/mol. The van der Waals surface area contributed by atoms with Crippen LogP contribution in [0.2, 0.25) is 0 Å². The summed E-state index contributed by atoms with van der Waals surface area (Å²) in [7, 11) is 0. The third kappa shape index (κ3) is 1.46. The van der Waals surface area contributed by atoms with Gasteiger partial charge in [-0.25, -0.2) is 0 Å². The van der Waals surface area contributed by atoms with E-state index in [9.17, 15) is 0 Å². The molecule has 70 valence electrons. The van der Waals surface area contributed by atoms with Crippen molar-refractivity contribution in [1.29, 1.82) is 0 Å². The van der Waals surface area contributed by atoms with E-state index < -0.39 is 0 Å². The van der Waals surface area contributed by atoms with E-state index in [1.54, 1.807) is 0 Å². The Morgan fingerprint density at radius 3 is 2.73 bits per heavy atom. The molecular formula is C11H10B2N2. The number of anilines is 3. The standard InChI is InChI=1S/C11H10B2N2/c1-2-4-9(5-3-1)15-8-14-10-11(15)13-7-6-12-10/h1-7,14H,8H2. The van der Waals surface area contributed by atoms with Crippen molar-refractivity contribution in [1.82, 2.24) is 0 Å². The minimum absolute atomic E-state index is 0.851. The van der Waals surface area contributed by atoms with Gasteiger partial charge in [0, 0.05) is 0 Å². The van der Waals surface area contributed by atoms with E-state index in [1.807, 2.05) is 6.07 Å². The van der Waals surface area contributed by atoms with Crippen molar-refractivity contribution < 1.29 is 0 Å². The normalized spacial score (nSPS) is 12.9. The molecule has 4 heteroatoms. The molecule has 1 aromatic heterocycles.